The van der Waals surface area contributed by atoms with Crippen LogP contribution in [0, 0.1) is 0 Å². The molecule has 12 rings (SSSR count). The van der Waals surface area contributed by atoms with Crippen LogP contribution in [0.25, 0.3) is 81.8 Å². The monoisotopic (exact) mass is 713 g/mol. The lowest BCUT2D eigenvalue weighted by Crippen LogP contribution is -2.13. The van der Waals surface area contributed by atoms with E-state index in [1.807, 2.05) is 0 Å². The summed E-state index contributed by atoms with van der Waals surface area (Å²) in [5.41, 5.74) is 12.1. The topological polar surface area (TPSA) is 36.3 Å². The molecule has 9 aromatic carbocycles. The number of fused-ring (bicyclic) bond motifs is 10. The van der Waals surface area contributed by atoms with Crippen molar-refractivity contribution < 1.29 is 0 Å². The van der Waals surface area contributed by atoms with Gasteiger partial charge in [-0.2, -0.15) is 0 Å². The maximum atomic E-state index is 5.51. The third-order valence-electron chi connectivity index (χ3n) is 11.6. The lowest BCUT2D eigenvalue weighted by molar-refractivity contribution is 0.872. The average Bonchev–Trinajstić information content (AvgIpc) is 3.78. The van der Waals surface area contributed by atoms with E-state index in [1.165, 1.54) is 48.7 Å². The molecule has 4 nitrogen and oxygen atoms in total. The molecular formula is C52H33N4-. The van der Waals surface area contributed by atoms with E-state index in [9.17, 15) is 0 Å². The van der Waals surface area contributed by atoms with Crippen molar-refractivity contribution in [1.82, 2.24) is 9.13 Å². The maximum absolute atomic E-state index is 5.51. The van der Waals surface area contributed by atoms with Crippen molar-refractivity contribution in [2.75, 3.05) is 0 Å². The van der Waals surface area contributed by atoms with Gasteiger partial charge in [0, 0.05) is 44.6 Å². The smallest absolute Gasteiger partial charge is 0.0701 e. The van der Waals surface area contributed by atoms with Crippen LogP contribution in [-0.4, -0.2) is 14.8 Å². The van der Waals surface area contributed by atoms with Crippen LogP contribution >= 0.6 is 0 Å². The average molecular weight is 714 g/mol. The van der Waals surface area contributed by atoms with Crippen LogP contribution in [-0.2, 0) is 0 Å². The molecule has 56 heavy (non-hydrogen) atoms. The lowest BCUT2D eigenvalue weighted by atomic mass is 9.91. The largest absolute Gasteiger partial charge is 0.659 e. The van der Waals surface area contributed by atoms with Gasteiger partial charge in [-0.1, -0.05) is 152 Å². The Labute approximate surface area is 323 Å². The molecular weight excluding hydrogens is 681 g/mol. The van der Waals surface area contributed by atoms with E-state index in [-0.39, 0.29) is 0 Å². The fourth-order valence-corrected chi connectivity index (χ4v) is 9.13. The van der Waals surface area contributed by atoms with Crippen LogP contribution in [0.4, 0.5) is 5.69 Å². The van der Waals surface area contributed by atoms with Gasteiger partial charge >= 0.3 is 0 Å². The van der Waals surface area contributed by atoms with Crippen molar-refractivity contribution in [3.05, 3.63) is 216 Å². The molecule has 1 unspecified atom stereocenters. The van der Waals surface area contributed by atoms with Gasteiger partial charge in [-0.25, -0.2) is 0 Å². The summed E-state index contributed by atoms with van der Waals surface area (Å²) in [5, 5.41) is 15.1. The Balaban J connectivity index is 1.06. The zero-order valence-electron chi connectivity index (χ0n) is 30.3. The van der Waals surface area contributed by atoms with E-state index >= 15 is 0 Å². The normalized spacial score (nSPS) is 14.1. The zero-order valence-corrected chi connectivity index (χ0v) is 30.3. The first-order chi connectivity index (χ1) is 27.8. The van der Waals surface area contributed by atoms with Crippen molar-refractivity contribution in [2.24, 2.45) is 4.99 Å². The minimum absolute atomic E-state index is 0.427. The molecule has 4 heteroatoms. The van der Waals surface area contributed by atoms with E-state index in [0.717, 1.165) is 55.9 Å². The summed E-state index contributed by atoms with van der Waals surface area (Å²) in [5.74, 6) is 0. The molecule has 0 bridgehead atoms. The van der Waals surface area contributed by atoms with E-state index in [2.05, 4.69) is 203 Å². The van der Waals surface area contributed by atoms with Crippen LogP contribution in [0.5, 0.6) is 0 Å². The van der Waals surface area contributed by atoms with Crippen LogP contribution in [0.15, 0.2) is 199 Å². The third kappa shape index (κ3) is 4.56. The molecule has 0 saturated heterocycles. The Hall–Kier alpha value is -7.43. The number of aliphatic imine (C=N–C) groups is 1. The molecule has 0 N–H and O–H groups in total. The second-order valence-corrected chi connectivity index (χ2v) is 14.7. The van der Waals surface area contributed by atoms with Gasteiger partial charge in [0.15, 0.2) is 0 Å². The van der Waals surface area contributed by atoms with E-state index in [4.69, 9.17) is 10.3 Å². The Kier molecular flexibility index (Phi) is 6.66. The lowest BCUT2D eigenvalue weighted by Gasteiger charge is -2.39. The molecule has 0 spiro atoms. The highest BCUT2D eigenvalue weighted by atomic mass is 15.1. The van der Waals surface area contributed by atoms with Crippen molar-refractivity contribution in [2.45, 2.75) is 6.17 Å². The summed E-state index contributed by atoms with van der Waals surface area (Å²) >= 11 is 0. The number of para-hydroxylation sites is 3. The molecule has 2 aromatic heterocycles. The summed E-state index contributed by atoms with van der Waals surface area (Å²) in [6.07, 6.45) is -0.427. The van der Waals surface area contributed by atoms with Crippen LogP contribution in [0.3, 0.4) is 0 Å². The van der Waals surface area contributed by atoms with Gasteiger partial charge in [-0.3, -0.25) is 4.99 Å². The summed E-state index contributed by atoms with van der Waals surface area (Å²) in [6.45, 7) is 0. The van der Waals surface area contributed by atoms with E-state index in [0.29, 0.717) is 0 Å². The van der Waals surface area contributed by atoms with Crippen molar-refractivity contribution in [3.63, 3.8) is 0 Å². The first kappa shape index (κ1) is 31.0. The Morgan fingerprint density at radius 2 is 0.911 bits per heavy atom. The van der Waals surface area contributed by atoms with Crippen LogP contribution in [0.1, 0.15) is 22.9 Å². The van der Waals surface area contributed by atoms with Gasteiger partial charge in [-0.15, -0.1) is 5.69 Å². The highest BCUT2D eigenvalue weighted by Gasteiger charge is 2.21. The minimum Gasteiger partial charge on any atom is -0.659 e. The summed E-state index contributed by atoms with van der Waals surface area (Å²) in [4.78, 5) is 5.51. The van der Waals surface area contributed by atoms with Gasteiger partial charge < -0.3 is 14.5 Å². The Morgan fingerprint density at radius 3 is 1.62 bits per heavy atom. The number of hydrogen-bond acceptors (Lipinski definition) is 1. The van der Waals surface area contributed by atoms with E-state index < -0.39 is 6.17 Å². The number of aromatic nitrogens is 2. The summed E-state index contributed by atoms with van der Waals surface area (Å²) in [7, 11) is 0. The van der Waals surface area contributed by atoms with Crippen molar-refractivity contribution in [3.8, 4) is 11.4 Å². The van der Waals surface area contributed by atoms with E-state index in [1.54, 1.807) is 0 Å². The van der Waals surface area contributed by atoms with Gasteiger partial charge in [0.05, 0.1) is 27.8 Å². The molecule has 1 aliphatic heterocycles. The molecule has 0 amide bonds. The minimum atomic E-state index is -0.427. The van der Waals surface area contributed by atoms with Gasteiger partial charge in [0.2, 0.25) is 0 Å². The predicted molar refractivity (Wildman–Crippen MR) is 234 cm³/mol. The molecule has 3 heterocycles. The molecule has 0 radical (unpaired) electrons. The van der Waals surface area contributed by atoms with Gasteiger partial charge in [0.25, 0.3) is 0 Å². The Morgan fingerprint density at radius 1 is 0.375 bits per heavy atom. The predicted octanol–water partition coefficient (Wildman–Crippen LogP) is 13.7. The molecule has 262 valence electrons. The summed E-state index contributed by atoms with van der Waals surface area (Å²) in [6, 6.07) is 69.9. The summed E-state index contributed by atoms with van der Waals surface area (Å²) < 4.78 is 4.81. The standard InChI is InChI=1S/C52H33N4/c1-3-18-38-33(13-1)15-12-23-44(38)51-45-29-27-34-14-2-4-19-39(34)50(45)53-52(54-51)35-16-11-17-36(31-35)56-48-26-10-7-22-42(48)43-30-28-37(32-49(43)56)55-46-24-8-5-20-40(46)41-21-6-9-25-47(41)55/h1-32,52H/q-1. The Bertz CT molecular complexity index is 3360. The number of nitrogens with zero attached hydrogens (tertiary/aromatic N) is 4. The molecule has 11 aromatic rings. The number of benzene rings is 9. The highest BCUT2D eigenvalue weighted by Crippen LogP contribution is 2.46. The van der Waals surface area contributed by atoms with Gasteiger partial charge in [0.1, 0.15) is 0 Å². The van der Waals surface area contributed by atoms with Crippen LogP contribution < -0.4 is 0 Å². The second-order valence-electron chi connectivity index (χ2n) is 14.7. The third-order valence-corrected chi connectivity index (χ3v) is 11.6. The van der Waals surface area contributed by atoms with Crippen LogP contribution in [0.2, 0.25) is 0 Å². The fourth-order valence-electron chi connectivity index (χ4n) is 9.13. The zero-order chi connectivity index (χ0) is 36.7. The first-order valence-corrected chi connectivity index (χ1v) is 19.2. The quantitative estimate of drug-likeness (QED) is 0.174. The molecule has 1 atom stereocenters. The van der Waals surface area contributed by atoms with Crippen molar-refractivity contribution in [1.29, 1.82) is 0 Å². The first-order valence-electron chi connectivity index (χ1n) is 19.2. The SMILES string of the molecule is c1cc(C2N=C(c3cccc4ccccc34)c3ccc4ccccc4c3[N-]2)cc(-n2c3ccccc3c3ccc(-n4c5ccccc5c5ccccc54)cc32)c1. The number of hydrogen-bond donors (Lipinski definition) is 0. The molecule has 1 aliphatic rings. The fraction of sp³-hybridized carbons (Fsp3) is 0.0192. The van der Waals surface area contributed by atoms with Crippen molar-refractivity contribution >= 4 is 76.6 Å². The maximum Gasteiger partial charge on any atom is 0.0701 e. The molecule has 0 saturated carbocycles. The van der Waals surface area contributed by atoms with Gasteiger partial charge in [-0.05, 0) is 75.1 Å². The highest BCUT2D eigenvalue weighted by molar-refractivity contribution is 6.25. The number of rotatable bonds is 4. The molecule has 0 aliphatic carbocycles. The second kappa shape index (κ2) is 12.0. The molecule has 0 fully saturated rings.